The molecule has 0 saturated heterocycles. The highest BCUT2D eigenvalue weighted by molar-refractivity contribution is 5.94. The fourth-order valence-electron chi connectivity index (χ4n) is 2.35. The predicted octanol–water partition coefficient (Wildman–Crippen LogP) is 1.37. The molecule has 1 heterocycles. The second kappa shape index (κ2) is 4.15. The van der Waals surface area contributed by atoms with Gasteiger partial charge in [-0.15, -0.1) is 0 Å². The van der Waals surface area contributed by atoms with Crippen LogP contribution in [0.2, 0.25) is 0 Å². The maximum Gasteiger partial charge on any atom is 0.431 e. The van der Waals surface area contributed by atoms with Gasteiger partial charge in [0.15, 0.2) is 0 Å². The van der Waals surface area contributed by atoms with E-state index in [1.165, 1.54) is 0 Å². The van der Waals surface area contributed by atoms with E-state index >= 15 is 0 Å². The Kier molecular flexibility index (Phi) is 2.92. The number of nitrogens with one attached hydrogen (secondary N) is 1. The molecule has 98 valence electrons. The summed E-state index contributed by atoms with van der Waals surface area (Å²) in [5.74, 6) is -0.983. The molecule has 0 unspecified atom stereocenters. The zero-order valence-electron chi connectivity index (χ0n) is 9.36. The summed E-state index contributed by atoms with van der Waals surface area (Å²) < 4.78 is 38.4. The largest absolute Gasteiger partial charge is 0.431 e. The highest BCUT2D eigenvalue weighted by Crippen LogP contribution is 2.34. The van der Waals surface area contributed by atoms with Gasteiger partial charge in [0, 0.05) is 0 Å². The number of halogens is 3. The van der Waals surface area contributed by atoms with E-state index in [-0.39, 0.29) is 29.5 Å². The van der Waals surface area contributed by atoms with Crippen molar-refractivity contribution in [3.05, 3.63) is 32.7 Å². The van der Waals surface area contributed by atoms with Crippen LogP contribution in [0.4, 0.5) is 13.2 Å². The van der Waals surface area contributed by atoms with Crippen LogP contribution in [-0.4, -0.2) is 10.9 Å². The molecule has 1 aliphatic rings. The van der Waals surface area contributed by atoms with Crippen LogP contribution in [-0.2, 0) is 19.0 Å². The van der Waals surface area contributed by atoms with E-state index in [0.717, 1.165) is 0 Å². The third kappa shape index (κ3) is 2.00. The van der Waals surface area contributed by atoms with Crippen LogP contribution >= 0.6 is 0 Å². The van der Waals surface area contributed by atoms with E-state index in [4.69, 9.17) is 5.73 Å². The smallest absolute Gasteiger partial charge is 0.365 e. The predicted molar refractivity (Wildman–Crippen MR) is 57.2 cm³/mol. The second-order valence-electron chi connectivity index (χ2n) is 4.23. The molecule has 7 heteroatoms. The van der Waals surface area contributed by atoms with E-state index in [1.807, 2.05) is 0 Å². The second-order valence-corrected chi connectivity index (χ2v) is 4.23. The summed E-state index contributed by atoms with van der Waals surface area (Å²) >= 11 is 0. The third-order valence-electron chi connectivity index (χ3n) is 3.07. The van der Waals surface area contributed by atoms with Crippen LogP contribution in [0.3, 0.4) is 0 Å². The number of pyridine rings is 1. The lowest BCUT2D eigenvalue weighted by Gasteiger charge is -2.22. The van der Waals surface area contributed by atoms with Crippen molar-refractivity contribution in [2.75, 3.05) is 0 Å². The Bertz CT molecular complexity index is 561. The average Bonchev–Trinajstić information content (AvgIpc) is 2.25. The molecule has 0 bridgehead atoms. The molecule has 0 aromatic carbocycles. The number of hydrogen-bond donors (Lipinski definition) is 2. The van der Waals surface area contributed by atoms with Crippen molar-refractivity contribution in [3.8, 4) is 0 Å². The Hall–Kier alpha value is -1.79. The van der Waals surface area contributed by atoms with Crippen LogP contribution in [0, 0.1) is 0 Å². The summed E-state index contributed by atoms with van der Waals surface area (Å²) in [7, 11) is 0. The Labute approximate surface area is 100.0 Å². The van der Waals surface area contributed by atoms with Gasteiger partial charge in [-0.3, -0.25) is 9.59 Å². The van der Waals surface area contributed by atoms with Crippen LogP contribution < -0.4 is 11.3 Å². The number of amides is 1. The minimum Gasteiger partial charge on any atom is -0.365 e. The van der Waals surface area contributed by atoms with Gasteiger partial charge < -0.3 is 10.7 Å². The van der Waals surface area contributed by atoms with Gasteiger partial charge in [-0.1, -0.05) is 0 Å². The molecule has 0 fully saturated rings. The van der Waals surface area contributed by atoms with E-state index in [0.29, 0.717) is 12.8 Å². The first-order valence-electron chi connectivity index (χ1n) is 5.47. The van der Waals surface area contributed by atoms with Gasteiger partial charge in [-0.2, -0.15) is 13.2 Å². The maximum atomic E-state index is 12.8. The molecule has 0 aliphatic heterocycles. The van der Waals surface area contributed by atoms with Crippen LogP contribution in [0.25, 0.3) is 0 Å². The summed E-state index contributed by atoms with van der Waals surface area (Å²) in [6, 6.07) is 0. The highest BCUT2D eigenvalue weighted by Gasteiger charge is 2.38. The van der Waals surface area contributed by atoms with Crippen molar-refractivity contribution in [2.45, 2.75) is 31.9 Å². The standard InChI is InChI=1S/C11H11F3N2O2/c12-11(13,14)8-6-4-2-1-3-5(6)7(9(15)17)10(18)16-8/h1-4H2,(H2,15,17)(H,16,18). The molecule has 0 saturated carbocycles. The minimum absolute atomic E-state index is 0.00199. The van der Waals surface area contributed by atoms with E-state index < -0.39 is 23.3 Å². The van der Waals surface area contributed by atoms with Crippen LogP contribution in [0.1, 0.15) is 40.0 Å². The number of aromatic nitrogens is 1. The quantitative estimate of drug-likeness (QED) is 0.800. The number of hydrogen-bond acceptors (Lipinski definition) is 2. The fraction of sp³-hybridized carbons (Fsp3) is 0.455. The molecule has 0 radical (unpaired) electrons. The first-order chi connectivity index (χ1) is 8.32. The molecular weight excluding hydrogens is 249 g/mol. The van der Waals surface area contributed by atoms with E-state index in [9.17, 15) is 22.8 Å². The van der Waals surface area contributed by atoms with Crippen molar-refractivity contribution in [2.24, 2.45) is 5.73 Å². The summed E-state index contributed by atoms with van der Waals surface area (Å²) in [5, 5.41) is 0. The number of carbonyl (C=O) groups is 1. The molecule has 4 nitrogen and oxygen atoms in total. The van der Waals surface area contributed by atoms with Gasteiger partial charge in [0.2, 0.25) is 0 Å². The van der Waals surface area contributed by atoms with Gasteiger partial charge in [0.1, 0.15) is 11.3 Å². The van der Waals surface area contributed by atoms with Gasteiger partial charge in [-0.05, 0) is 36.8 Å². The molecule has 2 rings (SSSR count). The lowest BCUT2D eigenvalue weighted by molar-refractivity contribution is -0.142. The van der Waals surface area contributed by atoms with Gasteiger partial charge in [0.25, 0.3) is 11.5 Å². The number of fused-ring (bicyclic) bond motifs is 1. The molecule has 1 aromatic rings. The number of primary amides is 1. The highest BCUT2D eigenvalue weighted by atomic mass is 19.4. The molecule has 3 N–H and O–H groups in total. The molecule has 18 heavy (non-hydrogen) atoms. The zero-order chi connectivity index (χ0) is 13.5. The van der Waals surface area contributed by atoms with Crippen molar-refractivity contribution < 1.29 is 18.0 Å². The van der Waals surface area contributed by atoms with Crippen molar-refractivity contribution in [1.82, 2.24) is 4.98 Å². The number of rotatable bonds is 1. The van der Waals surface area contributed by atoms with E-state index in [2.05, 4.69) is 0 Å². The zero-order valence-corrected chi connectivity index (χ0v) is 9.36. The Morgan fingerprint density at radius 2 is 1.72 bits per heavy atom. The van der Waals surface area contributed by atoms with Gasteiger partial charge in [0.05, 0.1) is 0 Å². The molecule has 1 aromatic heterocycles. The minimum atomic E-state index is -4.63. The maximum absolute atomic E-state index is 12.8. The van der Waals surface area contributed by atoms with Crippen LogP contribution in [0.5, 0.6) is 0 Å². The summed E-state index contributed by atoms with van der Waals surface area (Å²) in [4.78, 5) is 24.5. The third-order valence-corrected chi connectivity index (χ3v) is 3.07. The summed E-state index contributed by atoms with van der Waals surface area (Å²) in [6.07, 6.45) is -2.91. The van der Waals surface area contributed by atoms with E-state index in [1.54, 1.807) is 4.98 Å². The SMILES string of the molecule is NC(=O)c1c2c(c(C(F)(F)F)[nH]c1=O)CCCC2. The Balaban J connectivity index is 2.78. The first-order valence-corrected chi connectivity index (χ1v) is 5.47. The number of carbonyl (C=O) groups excluding carboxylic acids is 1. The van der Waals surface area contributed by atoms with Gasteiger partial charge >= 0.3 is 6.18 Å². The Morgan fingerprint density at radius 1 is 1.17 bits per heavy atom. The molecular formula is C11H11F3N2O2. The topological polar surface area (TPSA) is 76.0 Å². The molecule has 1 aliphatic carbocycles. The molecule has 0 spiro atoms. The normalized spacial score (nSPS) is 15.3. The average molecular weight is 260 g/mol. The molecule has 0 atom stereocenters. The number of aromatic amines is 1. The van der Waals surface area contributed by atoms with Crippen molar-refractivity contribution >= 4 is 5.91 Å². The van der Waals surface area contributed by atoms with Gasteiger partial charge in [-0.25, -0.2) is 0 Å². The lowest BCUT2D eigenvalue weighted by Crippen LogP contribution is -2.32. The summed E-state index contributed by atoms with van der Waals surface area (Å²) in [5.41, 5.74) is 2.77. The summed E-state index contributed by atoms with van der Waals surface area (Å²) in [6.45, 7) is 0. The Morgan fingerprint density at radius 3 is 2.22 bits per heavy atom. The van der Waals surface area contributed by atoms with Crippen LogP contribution in [0.15, 0.2) is 4.79 Å². The lowest BCUT2D eigenvalue weighted by atomic mass is 9.87. The monoisotopic (exact) mass is 260 g/mol. The van der Waals surface area contributed by atoms with Crippen molar-refractivity contribution in [3.63, 3.8) is 0 Å². The number of alkyl halides is 3. The van der Waals surface area contributed by atoms with Crippen molar-refractivity contribution in [1.29, 1.82) is 0 Å². The molecule has 1 amide bonds. The first kappa shape index (κ1) is 12.7. The number of H-pyrrole nitrogens is 1. The fourth-order valence-corrected chi connectivity index (χ4v) is 2.35. The number of nitrogens with two attached hydrogens (primary N) is 1.